The molecular formula is C16H25N5. The number of fused-ring (bicyclic) bond motifs is 1. The maximum Gasteiger partial charge on any atom is 0.234 e. The molecule has 0 saturated carbocycles. The molecule has 114 valence electrons. The number of likely N-dealkylation sites (tertiary alicyclic amines) is 1. The minimum absolute atomic E-state index is 0.629. The summed E-state index contributed by atoms with van der Waals surface area (Å²) in [5, 5.41) is 3.32. The summed E-state index contributed by atoms with van der Waals surface area (Å²) in [6.45, 7) is 7.29. The van der Waals surface area contributed by atoms with Gasteiger partial charge < -0.3 is 5.32 Å². The summed E-state index contributed by atoms with van der Waals surface area (Å²) in [4.78, 5) is 11.8. The van der Waals surface area contributed by atoms with Crippen LogP contribution >= 0.6 is 0 Å². The Morgan fingerprint density at radius 1 is 1.29 bits per heavy atom. The molecule has 3 rings (SSSR count). The van der Waals surface area contributed by atoms with Crippen LogP contribution in [0, 0.1) is 13.8 Å². The van der Waals surface area contributed by atoms with Crippen molar-refractivity contribution in [2.75, 3.05) is 20.1 Å². The predicted molar refractivity (Wildman–Crippen MR) is 84.4 cm³/mol. The van der Waals surface area contributed by atoms with Gasteiger partial charge >= 0.3 is 0 Å². The summed E-state index contributed by atoms with van der Waals surface area (Å²) in [5.41, 5.74) is 3.35. The van der Waals surface area contributed by atoms with Gasteiger partial charge in [0.25, 0.3) is 0 Å². The second-order valence-electron chi connectivity index (χ2n) is 6.12. The van der Waals surface area contributed by atoms with Crippen LogP contribution in [0.1, 0.15) is 36.3 Å². The van der Waals surface area contributed by atoms with E-state index in [0.29, 0.717) is 6.04 Å². The summed E-state index contributed by atoms with van der Waals surface area (Å²) < 4.78 is 2.10. The third-order valence-corrected chi connectivity index (χ3v) is 4.37. The standard InChI is InChI=1S/C16H25N5/c1-12-8-13(2)21-11-14(19-16(21)18-12)10-20-7-5-4-6-15(20)9-17-3/h8,11,15,17H,4-7,9-10H2,1-3H3. The van der Waals surface area contributed by atoms with E-state index in [1.807, 2.05) is 14.0 Å². The molecule has 0 bridgehead atoms. The molecule has 0 amide bonds. The molecule has 0 radical (unpaired) electrons. The van der Waals surface area contributed by atoms with E-state index in [-0.39, 0.29) is 0 Å². The van der Waals surface area contributed by atoms with Gasteiger partial charge in [-0.1, -0.05) is 6.42 Å². The first-order valence-electron chi connectivity index (χ1n) is 7.88. The van der Waals surface area contributed by atoms with Gasteiger partial charge in [-0.15, -0.1) is 0 Å². The first-order chi connectivity index (χ1) is 10.2. The van der Waals surface area contributed by atoms with Crippen LogP contribution in [-0.4, -0.2) is 45.4 Å². The maximum atomic E-state index is 4.71. The fourth-order valence-electron chi connectivity index (χ4n) is 3.34. The molecule has 1 N–H and O–H groups in total. The lowest BCUT2D eigenvalue weighted by atomic mass is 10.0. The number of hydrogen-bond acceptors (Lipinski definition) is 4. The van der Waals surface area contributed by atoms with Crippen molar-refractivity contribution >= 4 is 5.78 Å². The van der Waals surface area contributed by atoms with Gasteiger partial charge in [-0.3, -0.25) is 9.30 Å². The molecule has 1 aliphatic rings. The van der Waals surface area contributed by atoms with Crippen LogP contribution in [0.4, 0.5) is 0 Å². The summed E-state index contributed by atoms with van der Waals surface area (Å²) in [6.07, 6.45) is 6.06. The lowest BCUT2D eigenvalue weighted by Gasteiger charge is -2.35. The minimum atomic E-state index is 0.629. The lowest BCUT2D eigenvalue weighted by Crippen LogP contribution is -2.44. The van der Waals surface area contributed by atoms with Crippen LogP contribution in [0.5, 0.6) is 0 Å². The van der Waals surface area contributed by atoms with E-state index in [9.17, 15) is 0 Å². The van der Waals surface area contributed by atoms with Crippen molar-refractivity contribution in [1.29, 1.82) is 0 Å². The SMILES string of the molecule is CNCC1CCCCN1Cc1cn2c(C)cc(C)nc2n1. The van der Waals surface area contributed by atoms with Crippen LogP contribution in [0.3, 0.4) is 0 Å². The maximum absolute atomic E-state index is 4.71. The Kier molecular flexibility index (Phi) is 4.22. The predicted octanol–water partition coefficient (Wildman–Crippen LogP) is 1.92. The molecule has 0 aliphatic carbocycles. The average molecular weight is 287 g/mol. The molecule has 1 saturated heterocycles. The Labute approximate surface area is 126 Å². The van der Waals surface area contributed by atoms with Crippen LogP contribution in [0.25, 0.3) is 5.78 Å². The fraction of sp³-hybridized carbons (Fsp3) is 0.625. The van der Waals surface area contributed by atoms with Gasteiger partial charge in [-0.2, -0.15) is 0 Å². The van der Waals surface area contributed by atoms with Gasteiger partial charge in [-0.25, -0.2) is 9.97 Å². The lowest BCUT2D eigenvalue weighted by molar-refractivity contribution is 0.138. The van der Waals surface area contributed by atoms with Crippen LogP contribution < -0.4 is 5.32 Å². The molecule has 0 aromatic carbocycles. The molecule has 1 atom stereocenters. The number of imidazole rings is 1. The number of likely N-dealkylation sites (N-methyl/N-ethyl adjacent to an activating group) is 1. The van der Waals surface area contributed by atoms with Crippen molar-refractivity contribution in [2.45, 2.75) is 45.7 Å². The monoisotopic (exact) mass is 287 g/mol. The highest BCUT2D eigenvalue weighted by Crippen LogP contribution is 2.19. The Morgan fingerprint density at radius 2 is 2.14 bits per heavy atom. The van der Waals surface area contributed by atoms with Crippen molar-refractivity contribution < 1.29 is 0 Å². The van der Waals surface area contributed by atoms with Crippen molar-refractivity contribution in [2.24, 2.45) is 0 Å². The number of hydrogen-bond donors (Lipinski definition) is 1. The van der Waals surface area contributed by atoms with E-state index >= 15 is 0 Å². The van der Waals surface area contributed by atoms with Crippen LogP contribution in [0.2, 0.25) is 0 Å². The highest BCUT2D eigenvalue weighted by molar-refractivity contribution is 5.34. The van der Waals surface area contributed by atoms with Gasteiger partial charge in [-0.05, 0) is 46.3 Å². The number of nitrogens with one attached hydrogen (secondary N) is 1. The number of rotatable bonds is 4. The number of aromatic nitrogens is 3. The minimum Gasteiger partial charge on any atom is -0.318 e. The average Bonchev–Trinajstić information content (AvgIpc) is 2.84. The number of nitrogens with zero attached hydrogens (tertiary/aromatic N) is 4. The van der Waals surface area contributed by atoms with Crippen molar-refractivity contribution in [1.82, 2.24) is 24.6 Å². The Bertz CT molecular complexity index is 616. The van der Waals surface area contributed by atoms with Crippen LogP contribution in [0.15, 0.2) is 12.3 Å². The number of piperidine rings is 1. The molecule has 2 aromatic rings. The van der Waals surface area contributed by atoms with E-state index in [4.69, 9.17) is 4.98 Å². The topological polar surface area (TPSA) is 45.5 Å². The molecule has 2 aromatic heterocycles. The highest BCUT2D eigenvalue weighted by Gasteiger charge is 2.22. The normalized spacial score (nSPS) is 20.2. The van der Waals surface area contributed by atoms with Crippen molar-refractivity contribution in [3.8, 4) is 0 Å². The second kappa shape index (κ2) is 6.12. The highest BCUT2D eigenvalue weighted by atomic mass is 15.2. The van der Waals surface area contributed by atoms with Gasteiger partial charge in [0.05, 0.1) is 5.69 Å². The van der Waals surface area contributed by atoms with Gasteiger partial charge in [0.2, 0.25) is 5.78 Å². The zero-order chi connectivity index (χ0) is 14.8. The van der Waals surface area contributed by atoms with Gasteiger partial charge in [0.1, 0.15) is 0 Å². The zero-order valence-electron chi connectivity index (χ0n) is 13.3. The van der Waals surface area contributed by atoms with E-state index in [2.05, 4.69) is 38.8 Å². The summed E-state index contributed by atoms with van der Waals surface area (Å²) in [7, 11) is 2.04. The molecule has 1 fully saturated rings. The van der Waals surface area contributed by atoms with Crippen LogP contribution in [-0.2, 0) is 6.54 Å². The summed E-state index contributed by atoms with van der Waals surface area (Å²) >= 11 is 0. The van der Waals surface area contributed by atoms with E-state index in [1.165, 1.54) is 31.5 Å². The Balaban J connectivity index is 1.82. The van der Waals surface area contributed by atoms with Gasteiger partial charge in [0.15, 0.2) is 0 Å². The third-order valence-electron chi connectivity index (χ3n) is 4.37. The molecule has 21 heavy (non-hydrogen) atoms. The molecule has 3 heterocycles. The summed E-state index contributed by atoms with van der Waals surface area (Å²) in [5.74, 6) is 0.824. The smallest absolute Gasteiger partial charge is 0.234 e. The van der Waals surface area contributed by atoms with E-state index in [1.54, 1.807) is 0 Å². The van der Waals surface area contributed by atoms with Crippen molar-refractivity contribution in [3.05, 3.63) is 29.3 Å². The van der Waals surface area contributed by atoms with E-state index < -0.39 is 0 Å². The molecule has 5 heteroatoms. The summed E-state index contributed by atoms with van der Waals surface area (Å²) in [6, 6.07) is 2.73. The third kappa shape index (κ3) is 3.09. The largest absolute Gasteiger partial charge is 0.318 e. The van der Waals surface area contributed by atoms with E-state index in [0.717, 1.165) is 30.3 Å². The van der Waals surface area contributed by atoms with Gasteiger partial charge in [0, 0.05) is 36.7 Å². The molecule has 1 unspecified atom stereocenters. The zero-order valence-corrected chi connectivity index (χ0v) is 13.3. The quantitative estimate of drug-likeness (QED) is 0.933. The Morgan fingerprint density at radius 3 is 2.95 bits per heavy atom. The molecule has 1 aliphatic heterocycles. The molecule has 5 nitrogen and oxygen atoms in total. The Hall–Kier alpha value is -1.46. The fourth-order valence-corrected chi connectivity index (χ4v) is 3.34. The van der Waals surface area contributed by atoms with Crippen molar-refractivity contribution in [3.63, 3.8) is 0 Å². The molecular weight excluding hydrogens is 262 g/mol. The number of aryl methyl sites for hydroxylation is 2. The molecule has 0 spiro atoms. The first-order valence-corrected chi connectivity index (χ1v) is 7.88. The second-order valence-corrected chi connectivity index (χ2v) is 6.12. The first kappa shape index (κ1) is 14.5.